The predicted octanol–water partition coefficient (Wildman–Crippen LogP) is 5.41. The van der Waals surface area contributed by atoms with Crippen LogP contribution >= 0.6 is 0 Å². The van der Waals surface area contributed by atoms with Gasteiger partial charge in [-0.15, -0.1) is 0 Å². The van der Waals surface area contributed by atoms with Crippen LogP contribution in [0.4, 0.5) is 8.78 Å². The second-order valence-corrected chi connectivity index (χ2v) is 6.27. The Balaban J connectivity index is 1.69. The van der Waals surface area contributed by atoms with Gasteiger partial charge in [0.25, 0.3) is 0 Å². The van der Waals surface area contributed by atoms with Gasteiger partial charge in [-0.2, -0.15) is 0 Å². The average molecular weight is 330 g/mol. The lowest BCUT2D eigenvalue weighted by Crippen LogP contribution is -2.24. The Kier molecular flexibility index (Phi) is 4.93. The summed E-state index contributed by atoms with van der Waals surface area (Å²) in [5, 5.41) is 0.651. The van der Waals surface area contributed by atoms with Gasteiger partial charge >= 0.3 is 5.97 Å². The van der Waals surface area contributed by atoms with E-state index in [1.165, 1.54) is 18.2 Å². The lowest BCUT2D eigenvalue weighted by Gasteiger charge is -2.26. The molecule has 24 heavy (non-hydrogen) atoms. The van der Waals surface area contributed by atoms with Gasteiger partial charge in [0, 0.05) is 5.39 Å². The van der Waals surface area contributed by atoms with E-state index < -0.39 is 17.6 Å². The topological polar surface area (TPSA) is 26.3 Å². The molecule has 0 atom stereocenters. The SMILES string of the molecule is C/C=C/C1CCC(OC(=O)c2ccc3c(F)c(F)ccc3c2)CC1. The first kappa shape index (κ1) is 16.6. The van der Waals surface area contributed by atoms with E-state index in [4.69, 9.17) is 4.74 Å². The number of carbonyl (C=O) groups excluding carboxylic acids is 1. The van der Waals surface area contributed by atoms with Crippen molar-refractivity contribution in [3.05, 3.63) is 59.7 Å². The highest BCUT2D eigenvalue weighted by Gasteiger charge is 2.23. The van der Waals surface area contributed by atoms with E-state index >= 15 is 0 Å². The van der Waals surface area contributed by atoms with E-state index in [1.807, 2.05) is 6.92 Å². The van der Waals surface area contributed by atoms with Gasteiger partial charge in [0.2, 0.25) is 0 Å². The van der Waals surface area contributed by atoms with Gasteiger partial charge in [0.15, 0.2) is 11.6 Å². The molecule has 0 aliphatic heterocycles. The standard InChI is InChI=1S/C20H20F2O2/c1-2-3-13-4-8-16(9-5-13)24-20(23)15-6-10-17-14(12-15)7-11-18(21)19(17)22/h2-3,6-7,10-13,16H,4-5,8-9H2,1H3/b3-2+. The molecule has 0 aromatic heterocycles. The molecule has 0 unspecified atom stereocenters. The summed E-state index contributed by atoms with van der Waals surface area (Å²) in [5.41, 5.74) is 0.365. The molecule has 1 saturated carbocycles. The number of ether oxygens (including phenoxy) is 1. The maximum absolute atomic E-state index is 13.7. The molecule has 1 aliphatic rings. The monoisotopic (exact) mass is 330 g/mol. The fourth-order valence-corrected chi connectivity index (χ4v) is 3.28. The van der Waals surface area contributed by atoms with E-state index in [0.29, 0.717) is 16.9 Å². The Hall–Kier alpha value is -2.23. The second-order valence-electron chi connectivity index (χ2n) is 6.27. The zero-order valence-corrected chi connectivity index (χ0v) is 13.6. The highest BCUT2D eigenvalue weighted by molar-refractivity contribution is 5.95. The lowest BCUT2D eigenvalue weighted by molar-refractivity contribution is 0.0185. The highest BCUT2D eigenvalue weighted by Crippen LogP contribution is 2.28. The first-order valence-corrected chi connectivity index (χ1v) is 8.30. The molecule has 3 rings (SSSR count). The summed E-state index contributed by atoms with van der Waals surface area (Å²) in [4.78, 5) is 12.3. The van der Waals surface area contributed by atoms with Crippen molar-refractivity contribution in [3.8, 4) is 0 Å². The summed E-state index contributed by atoms with van der Waals surface area (Å²) in [6, 6.07) is 6.99. The maximum Gasteiger partial charge on any atom is 0.338 e. The minimum atomic E-state index is -0.894. The number of allylic oxidation sites excluding steroid dienone is 2. The van der Waals surface area contributed by atoms with Crippen LogP contribution in [0.15, 0.2) is 42.5 Å². The van der Waals surface area contributed by atoms with Gasteiger partial charge in [-0.3, -0.25) is 0 Å². The highest BCUT2D eigenvalue weighted by atomic mass is 19.2. The molecule has 2 aromatic rings. The van der Waals surface area contributed by atoms with Gasteiger partial charge in [0.05, 0.1) is 5.56 Å². The third-order valence-electron chi connectivity index (χ3n) is 4.60. The van der Waals surface area contributed by atoms with Gasteiger partial charge < -0.3 is 4.74 Å². The van der Waals surface area contributed by atoms with Crippen LogP contribution in [0.2, 0.25) is 0 Å². The smallest absolute Gasteiger partial charge is 0.338 e. The minimum Gasteiger partial charge on any atom is -0.459 e. The van der Waals surface area contributed by atoms with Crippen molar-refractivity contribution in [2.75, 3.05) is 0 Å². The molecule has 2 nitrogen and oxygen atoms in total. The average Bonchev–Trinajstić information content (AvgIpc) is 2.60. The molecule has 4 heteroatoms. The van der Waals surface area contributed by atoms with E-state index in [1.54, 1.807) is 6.07 Å². The summed E-state index contributed by atoms with van der Waals surface area (Å²) in [7, 11) is 0. The Morgan fingerprint density at radius 1 is 1.12 bits per heavy atom. The third-order valence-corrected chi connectivity index (χ3v) is 4.60. The quantitative estimate of drug-likeness (QED) is 0.555. The Morgan fingerprint density at radius 3 is 2.58 bits per heavy atom. The summed E-state index contributed by atoms with van der Waals surface area (Å²) in [6.45, 7) is 2.01. The lowest BCUT2D eigenvalue weighted by atomic mass is 9.87. The summed E-state index contributed by atoms with van der Waals surface area (Å²) in [5.74, 6) is -1.62. The molecular formula is C20H20F2O2. The third kappa shape index (κ3) is 3.48. The molecule has 0 saturated heterocycles. The fourth-order valence-electron chi connectivity index (χ4n) is 3.28. The number of hydrogen-bond donors (Lipinski definition) is 0. The molecule has 0 radical (unpaired) electrons. The fraction of sp³-hybridized carbons (Fsp3) is 0.350. The van der Waals surface area contributed by atoms with Gasteiger partial charge in [-0.1, -0.05) is 24.3 Å². The van der Waals surface area contributed by atoms with Crippen molar-refractivity contribution in [2.45, 2.75) is 38.7 Å². The molecule has 0 heterocycles. The Labute approximate surface area is 140 Å². The Morgan fingerprint density at radius 2 is 1.88 bits per heavy atom. The Bertz CT molecular complexity index is 775. The molecule has 2 aromatic carbocycles. The number of carbonyl (C=O) groups is 1. The van der Waals surface area contributed by atoms with Crippen LogP contribution in [0.5, 0.6) is 0 Å². The minimum absolute atomic E-state index is 0.0698. The molecule has 0 spiro atoms. The molecule has 126 valence electrons. The van der Waals surface area contributed by atoms with Crippen LogP contribution in [0.1, 0.15) is 43.0 Å². The maximum atomic E-state index is 13.7. The molecule has 1 aliphatic carbocycles. The van der Waals surface area contributed by atoms with Crippen molar-refractivity contribution in [1.29, 1.82) is 0 Å². The van der Waals surface area contributed by atoms with Crippen molar-refractivity contribution in [3.63, 3.8) is 0 Å². The molecule has 0 amide bonds. The first-order chi connectivity index (χ1) is 11.6. The number of esters is 1. The molecule has 1 fully saturated rings. The van der Waals surface area contributed by atoms with E-state index in [2.05, 4.69) is 12.2 Å². The summed E-state index contributed by atoms with van der Waals surface area (Å²) >= 11 is 0. The second kappa shape index (κ2) is 7.12. The van der Waals surface area contributed by atoms with E-state index in [9.17, 15) is 13.6 Å². The normalized spacial score (nSPS) is 21.3. The molecule has 0 N–H and O–H groups in total. The van der Waals surface area contributed by atoms with Crippen LogP contribution < -0.4 is 0 Å². The number of halogens is 2. The number of benzene rings is 2. The van der Waals surface area contributed by atoms with Gasteiger partial charge in [-0.05, 0) is 62.1 Å². The zero-order chi connectivity index (χ0) is 17.1. The largest absolute Gasteiger partial charge is 0.459 e. The van der Waals surface area contributed by atoms with Gasteiger partial charge in [-0.25, -0.2) is 13.6 Å². The van der Waals surface area contributed by atoms with Gasteiger partial charge in [0.1, 0.15) is 6.10 Å². The number of fused-ring (bicyclic) bond motifs is 1. The van der Waals surface area contributed by atoms with Crippen LogP contribution in [-0.2, 0) is 4.74 Å². The summed E-state index contributed by atoms with van der Waals surface area (Å²) < 4.78 is 32.5. The predicted molar refractivity (Wildman–Crippen MR) is 89.8 cm³/mol. The van der Waals surface area contributed by atoms with E-state index in [-0.39, 0.29) is 11.5 Å². The number of rotatable bonds is 3. The molecule has 0 bridgehead atoms. The first-order valence-electron chi connectivity index (χ1n) is 8.30. The van der Waals surface area contributed by atoms with Crippen LogP contribution in [0.25, 0.3) is 10.8 Å². The summed E-state index contributed by atoms with van der Waals surface area (Å²) in [6.07, 6.45) is 7.94. The van der Waals surface area contributed by atoms with Crippen molar-refractivity contribution >= 4 is 16.7 Å². The molecular weight excluding hydrogens is 310 g/mol. The van der Waals surface area contributed by atoms with Crippen molar-refractivity contribution in [2.24, 2.45) is 5.92 Å². The van der Waals surface area contributed by atoms with Crippen molar-refractivity contribution < 1.29 is 18.3 Å². The zero-order valence-electron chi connectivity index (χ0n) is 13.6. The van der Waals surface area contributed by atoms with Crippen LogP contribution in [0, 0.1) is 17.6 Å². The van der Waals surface area contributed by atoms with E-state index in [0.717, 1.165) is 31.7 Å². The van der Waals surface area contributed by atoms with Crippen LogP contribution in [-0.4, -0.2) is 12.1 Å². The van der Waals surface area contributed by atoms with Crippen LogP contribution in [0.3, 0.4) is 0 Å². The van der Waals surface area contributed by atoms with Crippen molar-refractivity contribution in [1.82, 2.24) is 0 Å². The number of hydrogen-bond acceptors (Lipinski definition) is 2.